The van der Waals surface area contributed by atoms with Crippen LogP contribution in [0.3, 0.4) is 0 Å². The third-order valence-corrected chi connectivity index (χ3v) is 2.73. The molecule has 1 amide bonds. The van der Waals surface area contributed by atoms with E-state index in [1.54, 1.807) is 25.1 Å². The van der Waals surface area contributed by atoms with Crippen LogP contribution in [0.5, 0.6) is 5.75 Å². The van der Waals surface area contributed by atoms with Crippen molar-refractivity contribution < 1.29 is 25.0 Å². The Labute approximate surface area is 121 Å². The molecule has 116 valence electrons. The summed E-state index contributed by atoms with van der Waals surface area (Å²) in [6.45, 7) is 2.48. The summed E-state index contributed by atoms with van der Waals surface area (Å²) >= 11 is 0. The molecule has 1 aromatic carbocycles. The summed E-state index contributed by atoms with van der Waals surface area (Å²) in [6, 6.07) is 4.77. The van der Waals surface area contributed by atoms with Gasteiger partial charge in [0.1, 0.15) is 18.5 Å². The fourth-order valence-electron chi connectivity index (χ4n) is 1.65. The predicted molar refractivity (Wildman–Crippen MR) is 75.0 cm³/mol. The minimum absolute atomic E-state index is 0.0280. The number of hydrogen-bond donors (Lipinski definition) is 5. The second-order valence-corrected chi connectivity index (χ2v) is 4.47. The average molecular weight is 297 g/mol. The van der Waals surface area contributed by atoms with Gasteiger partial charge in [-0.1, -0.05) is 5.16 Å². The normalized spacial score (nSPS) is 14.4. The first-order valence-electron chi connectivity index (χ1n) is 6.22. The molecule has 0 aromatic heterocycles. The van der Waals surface area contributed by atoms with E-state index in [4.69, 9.17) is 20.8 Å². The number of aliphatic hydroxyl groups excluding tert-OH is 2. The monoisotopic (exact) mass is 297 g/mol. The molecule has 0 aliphatic heterocycles. The molecule has 0 saturated carbocycles. The van der Waals surface area contributed by atoms with E-state index in [1.807, 2.05) is 0 Å². The Morgan fingerprint density at radius 2 is 2.19 bits per heavy atom. The van der Waals surface area contributed by atoms with Gasteiger partial charge in [-0.05, 0) is 37.6 Å². The molecule has 21 heavy (non-hydrogen) atoms. The second kappa shape index (κ2) is 7.46. The van der Waals surface area contributed by atoms with Crippen LogP contribution in [-0.4, -0.2) is 46.1 Å². The summed E-state index contributed by atoms with van der Waals surface area (Å²) < 4.78 is 5.46. The smallest absolute Gasteiger partial charge is 0.248 e. The molecule has 0 fully saturated rings. The Balaban J connectivity index is 2.90. The molecule has 2 atom stereocenters. The molecule has 0 radical (unpaired) electrons. The Morgan fingerprint density at radius 3 is 2.67 bits per heavy atom. The number of hydrogen-bond acceptors (Lipinski definition) is 6. The molecule has 0 saturated heterocycles. The number of amides is 1. The van der Waals surface area contributed by atoms with Crippen LogP contribution < -0.4 is 15.8 Å². The first-order chi connectivity index (χ1) is 9.88. The van der Waals surface area contributed by atoms with E-state index in [-0.39, 0.29) is 5.84 Å². The van der Waals surface area contributed by atoms with E-state index in [2.05, 4.69) is 10.5 Å². The zero-order valence-corrected chi connectivity index (χ0v) is 11.8. The maximum atomic E-state index is 11.2. The summed E-state index contributed by atoms with van der Waals surface area (Å²) in [6.07, 6.45) is -1.98. The molecule has 2 unspecified atom stereocenters. The van der Waals surface area contributed by atoms with Crippen LogP contribution >= 0.6 is 0 Å². The zero-order valence-electron chi connectivity index (χ0n) is 11.8. The molecule has 0 heterocycles. The summed E-state index contributed by atoms with van der Waals surface area (Å²) in [5, 5.41) is 32.2. The van der Waals surface area contributed by atoms with E-state index in [0.29, 0.717) is 16.9 Å². The van der Waals surface area contributed by atoms with Gasteiger partial charge >= 0.3 is 0 Å². The van der Waals surface area contributed by atoms with Gasteiger partial charge in [0.15, 0.2) is 12.1 Å². The van der Waals surface area contributed by atoms with Crippen molar-refractivity contribution in [2.75, 3.05) is 6.61 Å². The SMILES string of the molecule is Cc1cc(OC(NC(=O)CO)C(C)O)ccc1C(N)=NO. The highest BCUT2D eigenvalue weighted by Crippen LogP contribution is 2.18. The number of benzene rings is 1. The lowest BCUT2D eigenvalue weighted by Gasteiger charge is -2.23. The van der Waals surface area contributed by atoms with Crippen LogP contribution in [0.25, 0.3) is 0 Å². The van der Waals surface area contributed by atoms with Gasteiger partial charge in [0.25, 0.3) is 0 Å². The lowest BCUT2D eigenvalue weighted by molar-refractivity contribution is -0.128. The van der Waals surface area contributed by atoms with Crippen LogP contribution in [0.1, 0.15) is 18.1 Å². The van der Waals surface area contributed by atoms with Crippen molar-refractivity contribution in [3.8, 4) is 5.75 Å². The van der Waals surface area contributed by atoms with E-state index in [9.17, 15) is 9.90 Å². The van der Waals surface area contributed by atoms with Gasteiger partial charge in [-0.15, -0.1) is 0 Å². The molecule has 0 aliphatic rings. The number of nitrogens with zero attached hydrogens (tertiary/aromatic N) is 1. The van der Waals surface area contributed by atoms with Crippen LogP contribution in [-0.2, 0) is 4.79 Å². The number of oxime groups is 1. The molecule has 8 heteroatoms. The predicted octanol–water partition coefficient (Wildman–Crippen LogP) is -0.716. The van der Waals surface area contributed by atoms with Crippen molar-refractivity contribution in [2.24, 2.45) is 10.9 Å². The van der Waals surface area contributed by atoms with Crippen molar-refractivity contribution >= 4 is 11.7 Å². The van der Waals surface area contributed by atoms with Gasteiger partial charge in [-0.25, -0.2) is 0 Å². The van der Waals surface area contributed by atoms with Crippen molar-refractivity contribution in [3.05, 3.63) is 29.3 Å². The van der Waals surface area contributed by atoms with Crippen LogP contribution in [0.2, 0.25) is 0 Å². The van der Waals surface area contributed by atoms with Gasteiger partial charge in [-0.2, -0.15) is 0 Å². The minimum Gasteiger partial charge on any atom is -0.468 e. The number of nitrogens with one attached hydrogen (secondary N) is 1. The Bertz CT molecular complexity index is 531. The van der Waals surface area contributed by atoms with E-state index in [1.165, 1.54) is 6.92 Å². The van der Waals surface area contributed by atoms with Crippen LogP contribution in [0.15, 0.2) is 23.4 Å². The van der Waals surface area contributed by atoms with E-state index >= 15 is 0 Å². The van der Waals surface area contributed by atoms with Gasteiger partial charge in [-0.3, -0.25) is 4.79 Å². The second-order valence-electron chi connectivity index (χ2n) is 4.47. The number of ether oxygens (including phenoxy) is 1. The first kappa shape index (κ1) is 16.7. The molecular formula is C13H19N3O5. The Morgan fingerprint density at radius 1 is 1.52 bits per heavy atom. The molecule has 0 aliphatic carbocycles. The molecule has 0 bridgehead atoms. The summed E-state index contributed by atoms with van der Waals surface area (Å²) in [5.74, 6) is -0.309. The maximum Gasteiger partial charge on any atom is 0.248 e. The number of rotatable bonds is 6. The number of amidine groups is 1. The van der Waals surface area contributed by atoms with Gasteiger partial charge < -0.3 is 31.2 Å². The van der Waals surface area contributed by atoms with Crippen molar-refractivity contribution in [3.63, 3.8) is 0 Å². The van der Waals surface area contributed by atoms with Crippen LogP contribution in [0.4, 0.5) is 0 Å². The number of aryl methyl sites for hydroxylation is 1. The molecule has 1 rings (SSSR count). The number of aliphatic hydroxyl groups is 2. The molecule has 6 N–H and O–H groups in total. The minimum atomic E-state index is -1.00. The fraction of sp³-hybridized carbons (Fsp3) is 0.385. The van der Waals surface area contributed by atoms with Crippen molar-refractivity contribution in [1.29, 1.82) is 0 Å². The van der Waals surface area contributed by atoms with E-state index in [0.717, 1.165) is 0 Å². The maximum absolute atomic E-state index is 11.2. The molecule has 1 aromatic rings. The standard InChI is InChI=1S/C13H19N3O5/c1-7-5-9(3-4-10(7)12(14)16-20)21-13(8(2)18)15-11(19)6-17/h3-5,8,13,17-18,20H,6H2,1-2H3,(H2,14,16)(H,15,19). The third kappa shape index (κ3) is 4.62. The van der Waals surface area contributed by atoms with Gasteiger partial charge in [0, 0.05) is 5.56 Å². The lowest BCUT2D eigenvalue weighted by Crippen LogP contribution is -2.47. The quantitative estimate of drug-likeness (QED) is 0.154. The highest BCUT2D eigenvalue weighted by molar-refractivity contribution is 5.98. The number of nitrogens with two attached hydrogens (primary N) is 1. The van der Waals surface area contributed by atoms with Crippen molar-refractivity contribution in [1.82, 2.24) is 5.32 Å². The topological polar surface area (TPSA) is 137 Å². The first-order valence-corrected chi connectivity index (χ1v) is 6.22. The number of carbonyl (C=O) groups excluding carboxylic acids is 1. The lowest BCUT2D eigenvalue weighted by atomic mass is 10.1. The van der Waals surface area contributed by atoms with Crippen LogP contribution in [0, 0.1) is 6.92 Å². The molecule has 0 spiro atoms. The Kier molecular flexibility index (Phi) is 5.94. The summed E-state index contributed by atoms with van der Waals surface area (Å²) in [4.78, 5) is 11.2. The third-order valence-electron chi connectivity index (χ3n) is 2.73. The Hall–Kier alpha value is -2.32. The average Bonchev–Trinajstić information content (AvgIpc) is 2.45. The largest absolute Gasteiger partial charge is 0.468 e. The fourth-order valence-corrected chi connectivity index (χ4v) is 1.65. The van der Waals surface area contributed by atoms with Crippen molar-refractivity contribution in [2.45, 2.75) is 26.2 Å². The number of carbonyl (C=O) groups is 1. The molecular weight excluding hydrogens is 278 g/mol. The zero-order chi connectivity index (χ0) is 16.0. The highest BCUT2D eigenvalue weighted by atomic mass is 16.5. The van der Waals surface area contributed by atoms with E-state index < -0.39 is 24.8 Å². The van der Waals surface area contributed by atoms with Gasteiger partial charge in [0.2, 0.25) is 5.91 Å². The molecule has 8 nitrogen and oxygen atoms in total. The summed E-state index contributed by atoms with van der Waals surface area (Å²) in [7, 11) is 0. The highest BCUT2D eigenvalue weighted by Gasteiger charge is 2.19. The van der Waals surface area contributed by atoms with Gasteiger partial charge in [0.05, 0.1) is 0 Å². The summed E-state index contributed by atoms with van der Waals surface area (Å²) in [5.41, 5.74) is 6.75.